The van der Waals surface area contributed by atoms with Gasteiger partial charge in [-0.2, -0.15) is 0 Å². The molecule has 7 nitrogen and oxygen atoms in total. The minimum atomic E-state index is -0.860. The Balaban J connectivity index is 1.61. The van der Waals surface area contributed by atoms with Gasteiger partial charge in [0.15, 0.2) is 5.78 Å². The highest BCUT2D eigenvalue weighted by Gasteiger charge is 2.33. The fourth-order valence-electron chi connectivity index (χ4n) is 3.84. The number of anilines is 1. The highest BCUT2D eigenvalue weighted by molar-refractivity contribution is 6.18. The first kappa shape index (κ1) is 19.5. The SMILES string of the molecule is Cc1ccccc1C(=O)c1c[nH]c2ncnc(N[C@@H]3CC[C@@H](C(C)(C)O)OC3)c12. The van der Waals surface area contributed by atoms with Gasteiger partial charge in [0, 0.05) is 11.8 Å². The number of hydrogen-bond donors (Lipinski definition) is 3. The first-order valence-corrected chi connectivity index (χ1v) is 9.87. The molecule has 4 rings (SSSR count). The van der Waals surface area contributed by atoms with Crippen LogP contribution in [0, 0.1) is 6.92 Å². The summed E-state index contributed by atoms with van der Waals surface area (Å²) < 4.78 is 5.85. The number of carbonyl (C=O) groups excluding carboxylic acids is 1. The van der Waals surface area contributed by atoms with E-state index in [4.69, 9.17) is 4.74 Å². The third-order valence-corrected chi connectivity index (χ3v) is 5.51. The first-order chi connectivity index (χ1) is 13.8. The van der Waals surface area contributed by atoms with Crippen LogP contribution in [0.2, 0.25) is 0 Å². The molecule has 3 N–H and O–H groups in total. The molecule has 0 amide bonds. The van der Waals surface area contributed by atoms with Crippen LogP contribution in [0.3, 0.4) is 0 Å². The van der Waals surface area contributed by atoms with Crippen molar-refractivity contribution < 1.29 is 14.6 Å². The van der Waals surface area contributed by atoms with Crippen molar-refractivity contribution in [3.8, 4) is 0 Å². The average Bonchev–Trinajstić information content (AvgIpc) is 3.13. The number of hydrogen-bond acceptors (Lipinski definition) is 6. The monoisotopic (exact) mass is 394 g/mol. The fraction of sp³-hybridized carbons (Fsp3) is 0.409. The summed E-state index contributed by atoms with van der Waals surface area (Å²) in [6.07, 6.45) is 4.58. The lowest BCUT2D eigenvalue weighted by Gasteiger charge is -2.36. The Morgan fingerprint density at radius 3 is 2.72 bits per heavy atom. The lowest BCUT2D eigenvalue weighted by molar-refractivity contribution is -0.110. The van der Waals surface area contributed by atoms with Crippen LogP contribution in [0.25, 0.3) is 11.0 Å². The maximum atomic E-state index is 13.2. The summed E-state index contributed by atoms with van der Waals surface area (Å²) in [6.45, 7) is 5.92. The zero-order valence-electron chi connectivity index (χ0n) is 16.9. The van der Waals surface area contributed by atoms with E-state index in [1.807, 2.05) is 31.2 Å². The van der Waals surface area contributed by atoms with E-state index in [9.17, 15) is 9.90 Å². The molecule has 3 aromatic rings. The van der Waals surface area contributed by atoms with E-state index in [-0.39, 0.29) is 17.9 Å². The standard InChI is InChI=1S/C22H26N4O3/c1-13-6-4-5-7-15(13)19(27)16-10-23-20-18(16)21(25-12-24-20)26-14-8-9-17(29-11-14)22(2,3)28/h4-7,10,12,14,17,28H,8-9,11H2,1-3H3,(H2,23,24,25,26)/t14-,17+/m1/s1. The number of ether oxygens (including phenoxy) is 1. The highest BCUT2D eigenvalue weighted by Crippen LogP contribution is 2.29. The number of fused-ring (bicyclic) bond motifs is 1. The molecule has 0 radical (unpaired) electrons. The van der Waals surface area contributed by atoms with Crippen molar-refractivity contribution in [2.24, 2.45) is 0 Å². The predicted molar refractivity (Wildman–Crippen MR) is 111 cm³/mol. The number of aliphatic hydroxyl groups is 1. The van der Waals surface area contributed by atoms with E-state index < -0.39 is 5.60 Å². The van der Waals surface area contributed by atoms with Gasteiger partial charge in [-0.25, -0.2) is 9.97 Å². The Morgan fingerprint density at radius 2 is 2.03 bits per heavy atom. The van der Waals surface area contributed by atoms with Crippen molar-refractivity contribution in [2.75, 3.05) is 11.9 Å². The van der Waals surface area contributed by atoms with Gasteiger partial charge in [-0.05, 0) is 39.2 Å². The van der Waals surface area contributed by atoms with Gasteiger partial charge in [0.2, 0.25) is 0 Å². The maximum absolute atomic E-state index is 13.2. The third kappa shape index (κ3) is 3.88. The number of nitrogens with one attached hydrogen (secondary N) is 2. The number of rotatable bonds is 5. The molecule has 0 saturated carbocycles. The molecule has 0 unspecified atom stereocenters. The number of aryl methyl sites for hydroxylation is 1. The molecule has 7 heteroatoms. The van der Waals surface area contributed by atoms with Crippen LogP contribution >= 0.6 is 0 Å². The number of carbonyl (C=O) groups is 1. The predicted octanol–water partition coefficient (Wildman–Crippen LogP) is 3.23. The van der Waals surface area contributed by atoms with Crippen LogP contribution in [0.15, 0.2) is 36.8 Å². The average molecular weight is 394 g/mol. The Kier molecular flexibility index (Phi) is 5.10. The largest absolute Gasteiger partial charge is 0.388 e. The van der Waals surface area contributed by atoms with Gasteiger partial charge in [-0.15, -0.1) is 0 Å². The van der Waals surface area contributed by atoms with Crippen LogP contribution in [0.4, 0.5) is 5.82 Å². The molecule has 1 saturated heterocycles. The summed E-state index contributed by atoms with van der Waals surface area (Å²) in [4.78, 5) is 24.9. The molecular weight excluding hydrogens is 368 g/mol. The van der Waals surface area contributed by atoms with Gasteiger partial charge in [0.1, 0.15) is 17.8 Å². The molecule has 152 valence electrons. The lowest BCUT2D eigenvalue weighted by atomic mass is 9.93. The first-order valence-electron chi connectivity index (χ1n) is 9.87. The molecule has 3 heterocycles. The lowest BCUT2D eigenvalue weighted by Crippen LogP contribution is -2.45. The topological polar surface area (TPSA) is 100 Å². The molecule has 1 aliphatic heterocycles. The van der Waals surface area contributed by atoms with Crippen molar-refractivity contribution in [2.45, 2.75) is 51.4 Å². The van der Waals surface area contributed by atoms with Crippen LogP contribution in [0.5, 0.6) is 0 Å². The number of benzene rings is 1. The second kappa shape index (κ2) is 7.57. The smallest absolute Gasteiger partial charge is 0.195 e. The van der Waals surface area contributed by atoms with Crippen molar-refractivity contribution in [1.82, 2.24) is 15.0 Å². The van der Waals surface area contributed by atoms with Gasteiger partial charge >= 0.3 is 0 Å². The molecule has 1 fully saturated rings. The van der Waals surface area contributed by atoms with Gasteiger partial charge in [-0.3, -0.25) is 4.79 Å². The van der Waals surface area contributed by atoms with Gasteiger partial charge < -0.3 is 20.1 Å². The van der Waals surface area contributed by atoms with E-state index in [1.165, 1.54) is 6.33 Å². The quantitative estimate of drug-likeness (QED) is 0.575. The van der Waals surface area contributed by atoms with Crippen LogP contribution < -0.4 is 5.32 Å². The van der Waals surface area contributed by atoms with E-state index in [1.54, 1.807) is 20.0 Å². The van der Waals surface area contributed by atoms with Crippen molar-refractivity contribution >= 4 is 22.6 Å². The van der Waals surface area contributed by atoms with Crippen LogP contribution in [-0.4, -0.2) is 50.2 Å². The van der Waals surface area contributed by atoms with Gasteiger partial charge in [0.05, 0.1) is 35.3 Å². The number of ketones is 1. The molecule has 1 aromatic carbocycles. The van der Waals surface area contributed by atoms with Gasteiger partial charge in [-0.1, -0.05) is 24.3 Å². The zero-order chi connectivity index (χ0) is 20.6. The van der Waals surface area contributed by atoms with Crippen LogP contribution in [-0.2, 0) is 4.74 Å². The Hall–Kier alpha value is -2.77. The van der Waals surface area contributed by atoms with E-state index in [0.717, 1.165) is 18.4 Å². The fourth-order valence-corrected chi connectivity index (χ4v) is 3.84. The number of aromatic nitrogens is 3. The highest BCUT2D eigenvalue weighted by atomic mass is 16.5. The Bertz CT molecular complexity index is 1030. The number of nitrogens with zero attached hydrogens (tertiary/aromatic N) is 2. The molecule has 1 aliphatic rings. The second-order valence-corrected chi connectivity index (χ2v) is 8.19. The zero-order valence-corrected chi connectivity index (χ0v) is 16.9. The summed E-state index contributed by atoms with van der Waals surface area (Å²) in [5, 5.41) is 14.3. The molecular formula is C22H26N4O3. The third-order valence-electron chi connectivity index (χ3n) is 5.51. The molecule has 2 atom stereocenters. The van der Waals surface area contributed by atoms with Crippen molar-refractivity contribution in [3.63, 3.8) is 0 Å². The molecule has 0 spiro atoms. The molecule has 2 aromatic heterocycles. The second-order valence-electron chi connectivity index (χ2n) is 8.19. The Morgan fingerprint density at radius 1 is 1.24 bits per heavy atom. The summed E-state index contributed by atoms with van der Waals surface area (Å²) in [5.74, 6) is 0.553. The van der Waals surface area contributed by atoms with Crippen molar-refractivity contribution in [3.05, 3.63) is 53.5 Å². The van der Waals surface area contributed by atoms with E-state index in [0.29, 0.717) is 34.6 Å². The minimum Gasteiger partial charge on any atom is -0.388 e. The summed E-state index contributed by atoms with van der Waals surface area (Å²) in [7, 11) is 0. The summed E-state index contributed by atoms with van der Waals surface area (Å²) >= 11 is 0. The van der Waals surface area contributed by atoms with E-state index >= 15 is 0 Å². The maximum Gasteiger partial charge on any atom is 0.195 e. The van der Waals surface area contributed by atoms with E-state index in [2.05, 4.69) is 20.3 Å². The normalized spacial score (nSPS) is 20.0. The number of aromatic amines is 1. The summed E-state index contributed by atoms with van der Waals surface area (Å²) in [5.41, 5.74) is 1.89. The van der Waals surface area contributed by atoms with Crippen molar-refractivity contribution in [1.29, 1.82) is 0 Å². The minimum absolute atomic E-state index is 0.0445. The van der Waals surface area contributed by atoms with Gasteiger partial charge in [0.25, 0.3) is 0 Å². The number of H-pyrrole nitrogens is 1. The Labute approximate surface area is 169 Å². The van der Waals surface area contributed by atoms with Crippen LogP contribution in [0.1, 0.15) is 48.2 Å². The molecule has 0 bridgehead atoms. The summed E-state index contributed by atoms with van der Waals surface area (Å²) in [6, 6.07) is 7.59. The molecule has 0 aliphatic carbocycles. The molecule has 29 heavy (non-hydrogen) atoms.